The third-order valence-electron chi connectivity index (χ3n) is 5.47. The minimum atomic E-state index is -0.292. The van der Waals surface area contributed by atoms with Gasteiger partial charge in [-0.2, -0.15) is 5.10 Å². The second-order valence-electron chi connectivity index (χ2n) is 7.86. The predicted molar refractivity (Wildman–Crippen MR) is 115 cm³/mol. The van der Waals surface area contributed by atoms with Gasteiger partial charge in [-0.15, -0.1) is 0 Å². The van der Waals surface area contributed by atoms with Crippen LogP contribution in [-0.4, -0.2) is 15.8 Å². The molecule has 2 amide bonds. The van der Waals surface area contributed by atoms with E-state index in [1.165, 1.54) is 0 Å². The number of rotatable bonds is 4. The molecular weight excluding hydrogens is 364 g/mol. The number of anilines is 1. The van der Waals surface area contributed by atoms with Crippen molar-refractivity contribution in [2.45, 2.75) is 52.1 Å². The maximum Gasteiger partial charge on any atom is 0.319 e. The lowest BCUT2D eigenvalue weighted by atomic mass is 10.1. The first-order valence-electron chi connectivity index (χ1n) is 10.1. The van der Waals surface area contributed by atoms with Crippen LogP contribution in [0.2, 0.25) is 0 Å². The molecule has 1 aromatic heterocycles. The average Bonchev–Trinajstić information content (AvgIpc) is 3.21. The molecule has 1 heterocycles. The first-order chi connectivity index (χ1) is 14.0. The highest BCUT2D eigenvalue weighted by Gasteiger charge is 2.21. The Morgan fingerprint density at radius 3 is 2.41 bits per heavy atom. The van der Waals surface area contributed by atoms with Gasteiger partial charge in [-0.05, 0) is 56.0 Å². The van der Waals surface area contributed by atoms with Crippen molar-refractivity contribution in [1.29, 1.82) is 0 Å². The number of benzene rings is 2. The largest absolute Gasteiger partial charge is 0.332 e. The van der Waals surface area contributed by atoms with Gasteiger partial charge in [0.25, 0.3) is 5.56 Å². The summed E-state index contributed by atoms with van der Waals surface area (Å²) in [5.41, 5.74) is 3.61. The zero-order chi connectivity index (χ0) is 20.4. The van der Waals surface area contributed by atoms with Crippen LogP contribution in [0.5, 0.6) is 0 Å². The van der Waals surface area contributed by atoms with Crippen LogP contribution < -0.4 is 16.2 Å². The van der Waals surface area contributed by atoms with Gasteiger partial charge >= 0.3 is 6.03 Å². The van der Waals surface area contributed by atoms with Crippen LogP contribution in [0.1, 0.15) is 48.5 Å². The van der Waals surface area contributed by atoms with E-state index in [4.69, 9.17) is 0 Å². The van der Waals surface area contributed by atoms with Gasteiger partial charge < -0.3 is 10.6 Å². The molecule has 0 spiro atoms. The van der Waals surface area contributed by atoms with Crippen molar-refractivity contribution in [3.05, 3.63) is 69.6 Å². The molecule has 4 rings (SSSR count). The highest BCUT2D eigenvalue weighted by Crippen LogP contribution is 2.28. The Kier molecular flexibility index (Phi) is 5.34. The number of hydrogen-bond donors (Lipinski definition) is 2. The second-order valence-corrected chi connectivity index (χ2v) is 7.86. The van der Waals surface area contributed by atoms with Gasteiger partial charge in [0.1, 0.15) is 0 Å². The number of nitrogens with zero attached hydrogens (tertiary/aromatic N) is 2. The zero-order valence-corrected chi connectivity index (χ0v) is 16.9. The summed E-state index contributed by atoms with van der Waals surface area (Å²) in [4.78, 5) is 25.3. The summed E-state index contributed by atoms with van der Waals surface area (Å²) in [7, 11) is 0. The molecule has 2 aromatic carbocycles. The van der Waals surface area contributed by atoms with E-state index in [-0.39, 0.29) is 24.2 Å². The van der Waals surface area contributed by atoms with Gasteiger partial charge in [0.15, 0.2) is 0 Å². The quantitative estimate of drug-likeness (QED) is 0.691. The van der Waals surface area contributed by atoms with Crippen LogP contribution in [-0.2, 0) is 6.54 Å². The molecule has 2 N–H and O–H groups in total. The van der Waals surface area contributed by atoms with E-state index < -0.39 is 0 Å². The van der Waals surface area contributed by atoms with E-state index in [0.29, 0.717) is 11.1 Å². The summed E-state index contributed by atoms with van der Waals surface area (Å²) < 4.78 is 1.63. The number of fused-ring (bicyclic) bond motifs is 1. The number of nitrogens with one attached hydrogen (secondary N) is 2. The molecule has 0 unspecified atom stereocenters. The highest BCUT2D eigenvalue weighted by molar-refractivity contribution is 5.90. The Bertz CT molecular complexity index is 1090. The fourth-order valence-electron chi connectivity index (χ4n) is 4.19. The van der Waals surface area contributed by atoms with Gasteiger partial charge in [-0.1, -0.05) is 37.1 Å². The van der Waals surface area contributed by atoms with Crippen LogP contribution in [0.4, 0.5) is 10.5 Å². The van der Waals surface area contributed by atoms with E-state index in [2.05, 4.69) is 21.8 Å². The number of carbonyl (C=O) groups excluding carboxylic acids is 1. The molecule has 29 heavy (non-hydrogen) atoms. The van der Waals surface area contributed by atoms with E-state index in [1.54, 1.807) is 4.68 Å². The van der Waals surface area contributed by atoms with Crippen molar-refractivity contribution in [2.24, 2.45) is 0 Å². The number of aromatic nitrogens is 2. The maximum absolute atomic E-state index is 12.9. The SMILES string of the molecule is Cc1cc(C)cc(NC(=O)NCc2nn(C3CCCC3)c(=O)c3ccccc23)c1. The van der Waals surface area contributed by atoms with Crippen molar-refractivity contribution in [2.75, 3.05) is 5.32 Å². The monoisotopic (exact) mass is 390 g/mol. The zero-order valence-electron chi connectivity index (χ0n) is 16.9. The van der Waals surface area contributed by atoms with Crippen molar-refractivity contribution >= 4 is 22.5 Å². The fraction of sp³-hybridized carbons (Fsp3) is 0.348. The minimum absolute atomic E-state index is 0.0454. The summed E-state index contributed by atoms with van der Waals surface area (Å²) >= 11 is 0. The molecule has 150 valence electrons. The van der Waals surface area contributed by atoms with Crippen LogP contribution in [0, 0.1) is 13.8 Å². The van der Waals surface area contributed by atoms with Crippen LogP contribution in [0.25, 0.3) is 10.8 Å². The maximum atomic E-state index is 12.9. The minimum Gasteiger partial charge on any atom is -0.332 e. The third-order valence-corrected chi connectivity index (χ3v) is 5.47. The molecular formula is C23H26N4O2. The van der Waals surface area contributed by atoms with Crippen LogP contribution in [0.3, 0.4) is 0 Å². The molecule has 6 heteroatoms. The Hall–Kier alpha value is -3.15. The molecule has 0 aliphatic heterocycles. The Morgan fingerprint density at radius 1 is 1.07 bits per heavy atom. The average molecular weight is 390 g/mol. The smallest absolute Gasteiger partial charge is 0.319 e. The number of amides is 2. The molecule has 0 bridgehead atoms. The third kappa shape index (κ3) is 4.16. The summed E-state index contributed by atoms with van der Waals surface area (Å²) in [6.07, 6.45) is 4.20. The molecule has 1 aliphatic carbocycles. The number of aryl methyl sites for hydroxylation is 2. The second kappa shape index (κ2) is 8.07. The van der Waals surface area contributed by atoms with E-state index in [0.717, 1.165) is 47.9 Å². The predicted octanol–water partition coefficient (Wildman–Crippen LogP) is 4.45. The van der Waals surface area contributed by atoms with Gasteiger partial charge in [0, 0.05) is 11.1 Å². The summed E-state index contributed by atoms with van der Waals surface area (Å²) in [5.74, 6) is 0. The molecule has 3 aromatic rings. The van der Waals surface area contributed by atoms with E-state index >= 15 is 0 Å². The van der Waals surface area contributed by atoms with Crippen molar-refractivity contribution in [3.8, 4) is 0 Å². The fourth-order valence-corrected chi connectivity index (χ4v) is 4.19. The Balaban J connectivity index is 1.57. The topological polar surface area (TPSA) is 76.0 Å². The van der Waals surface area contributed by atoms with Crippen molar-refractivity contribution < 1.29 is 4.79 Å². The number of hydrogen-bond acceptors (Lipinski definition) is 3. The van der Waals surface area contributed by atoms with Gasteiger partial charge in [0.2, 0.25) is 0 Å². The number of carbonyl (C=O) groups is 1. The molecule has 0 saturated heterocycles. The van der Waals surface area contributed by atoms with Gasteiger partial charge in [0.05, 0.1) is 23.7 Å². The normalized spacial score (nSPS) is 14.3. The van der Waals surface area contributed by atoms with E-state index in [9.17, 15) is 9.59 Å². The lowest BCUT2D eigenvalue weighted by molar-refractivity contribution is 0.251. The summed E-state index contributed by atoms with van der Waals surface area (Å²) in [5, 5.41) is 11.9. The van der Waals surface area contributed by atoms with Crippen molar-refractivity contribution in [3.63, 3.8) is 0 Å². The molecule has 1 saturated carbocycles. The molecule has 6 nitrogen and oxygen atoms in total. The first-order valence-corrected chi connectivity index (χ1v) is 10.1. The Morgan fingerprint density at radius 2 is 1.72 bits per heavy atom. The first kappa shape index (κ1) is 19.2. The van der Waals surface area contributed by atoms with E-state index in [1.807, 2.05) is 50.2 Å². The Labute approximate surface area is 169 Å². The molecule has 1 aliphatic rings. The lowest BCUT2D eigenvalue weighted by Crippen LogP contribution is -2.32. The molecule has 0 radical (unpaired) electrons. The lowest BCUT2D eigenvalue weighted by Gasteiger charge is -2.16. The molecule has 0 atom stereocenters. The number of urea groups is 1. The summed E-state index contributed by atoms with van der Waals surface area (Å²) in [6.45, 7) is 4.25. The molecule has 1 fully saturated rings. The van der Waals surface area contributed by atoms with Gasteiger partial charge in [-0.25, -0.2) is 9.48 Å². The van der Waals surface area contributed by atoms with Crippen molar-refractivity contribution in [1.82, 2.24) is 15.1 Å². The highest BCUT2D eigenvalue weighted by atomic mass is 16.2. The van der Waals surface area contributed by atoms with Gasteiger partial charge in [-0.3, -0.25) is 4.79 Å². The van der Waals surface area contributed by atoms with Crippen LogP contribution in [0.15, 0.2) is 47.3 Å². The standard InChI is InChI=1S/C23H26N4O2/c1-15-11-16(2)13-17(12-15)25-23(29)24-14-21-19-9-5-6-10-20(19)22(28)27(26-21)18-7-3-4-8-18/h5-6,9-13,18H,3-4,7-8,14H2,1-2H3,(H2,24,25,29). The van der Waals surface area contributed by atoms with Crippen LogP contribution >= 0.6 is 0 Å². The summed E-state index contributed by atoms with van der Waals surface area (Å²) in [6, 6.07) is 13.3.